The van der Waals surface area contributed by atoms with Gasteiger partial charge in [0.25, 0.3) is 41.4 Å². The van der Waals surface area contributed by atoms with E-state index in [-0.39, 0.29) is 47.3 Å². The number of nitrogens with zero attached hydrogens (tertiary/aromatic N) is 14. The van der Waals surface area contributed by atoms with Crippen LogP contribution in [0, 0.1) is 6.92 Å². The monoisotopic (exact) mass is 1790 g/mol. The molecule has 19 rings (SSSR count). The molecule has 1 saturated carbocycles. The molecule has 12 aromatic heterocycles. The number of methoxy groups -OCH3 is 1. The normalized spacial score (nSPS) is 10.7. The second-order valence-electron chi connectivity index (χ2n) is 29.8. The number of benzene rings is 6. The Labute approximate surface area is 782 Å². The Morgan fingerprint density at radius 2 is 0.551 bits per heavy atom. The van der Waals surface area contributed by atoms with E-state index in [2.05, 4.69) is 131 Å². The number of aryl methyl sites for hydroxylation is 1. The average molecular weight is 1800 g/mol. The number of amides is 7. The lowest BCUT2D eigenvalue weighted by molar-refractivity contribution is 0.0959. The fourth-order valence-electron chi connectivity index (χ4n) is 12.9. The van der Waals surface area contributed by atoms with Crippen LogP contribution in [-0.2, 0) is 0 Å². The summed E-state index contributed by atoms with van der Waals surface area (Å²) in [5, 5.41) is 19.0. The summed E-state index contributed by atoms with van der Waals surface area (Å²) in [7, 11) is 3.23. The minimum atomic E-state index is -0.282. The van der Waals surface area contributed by atoms with Gasteiger partial charge in [-0.05, 0) is 210 Å². The molecule has 0 saturated heterocycles. The van der Waals surface area contributed by atoms with Gasteiger partial charge in [0.05, 0.1) is 40.5 Å². The van der Waals surface area contributed by atoms with E-state index < -0.39 is 0 Å². The van der Waals surface area contributed by atoms with Crippen molar-refractivity contribution in [1.82, 2.24) is 75.1 Å². The average Bonchev–Trinajstić information content (AvgIpc) is 1.43. The summed E-state index contributed by atoms with van der Waals surface area (Å²) in [5.41, 5.74) is 16.8. The van der Waals surface area contributed by atoms with Gasteiger partial charge in [-0.3, -0.25) is 63.8 Å². The highest BCUT2D eigenvalue weighted by Gasteiger charge is 2.24. The second-order valence-corrected chi connectivity index (χ2v) is 29.8. The predicted molar refractivity (Wildman–Crippen MR) is 523 cm³/mol. The molecule has 0 unspecified atom stereocenters. The van der Waals surface area contributed by atoms with Crippen LogP contribution in [-0.4, -0.2) is 125 Å². The van der Waals surface area contributed by atoms with Crippen molar-refractivity contribution in [2.75, 3.05) is 46.1 Å². The van der Waals surface area contributed by atoms with Crippen LogP contribution in [0.2, 0.25) is 0 Å². The Hall–Kier alpha value is -18.9. The third-order valence-electron chi connectivity index (χ3n) is 20.2. The zero-order valence-corrected chi connectivity index (χ0v) is 73.6. The Morgan fingerprint density at radius 1 is 0.250 bits per heavy atom. The van der Waals surface area contributed by atoms with Gasteiger partial charge in [-0.15, -0.1) is 0 Å². The van der Waals surface area contributed by atoms with Gasteiger partial charge >= 0.3 is 0 Å². The van der Waals surface area contributed by atoms with Gasteiger partial charge in [0.2, 0.25) is 5.95 Å². The number of pyridine rings is 10. The summed E-state index contributed by atoms with van der Waals surface area (Å²) in [6.45, 7) is 1.77. The quantitative estimate of drug-likeness (QED) is 0.0351. The zero-order valence-electron chi connectivity index (χ0n) is 73.6. The van der Waals surface area contributed by atoms with E-state index in [9.17, 15) is 33.6 Å². The first-order valence-electron chi connectivity index (χ1n) is 42.6. The van der Waals surface area contributed by atoms with Crippen molar-refractivity contribution < 1.29 is 38.3 Å². The Balaban J connectivity index is 0.000000131. The van der Waals surface area contributed by atoms with Gasteiger partial charge in [0.1, 0.15) is 40.7 Å². The molecule has 12 heterocycles. The van der Waals surface area contributed by atoms with Crippen molar-refractivity contribution in [2.24, 2.45) is 0 Å². The highest BCUT2D eigenvalue weighted by Crippen LogP contribution is 2.41. The van der Waals surface area contributed by atoms with E-state index in [0.29, 0.717) is 73.9 Å². The van der Waals surface area contributed by atoms with Gasteiger partial charge < -0.3 is 36.6 Å². The molecule has 0 aliphatic heterocycles. The van der Waals surface area contributed by atoms with Crippen molar-refractivity contribution in [1.29, 1.82) is 0 Å². The van der Waals surface area contributed by atoms with Crippen LogP contribution in [0.3, 0.4) is 0 Å². The molecule has 1 aliphatic carbocycles. The number of hydrogen-bond donors (Lipinski definition) is 7. The Kier molecular flexibility index (Phi) is 32.9. The van der Waals surface area contributed by atoms with E-state index in [0.717, 1.165) is 78.4 Å². The molecule has 18 aromatic rings. The molecule has 1 fully saturated rings. The third kappa shape index (κ3) is 27.8. The lowest BCUT2D eigenvalue weighted by Crippen LogP contribution is -2.17. The number of nitrogens with one attached hydrogen (secondary N) is 7. The molecule has 7 amide bonds. The largest absolute Gasteiger partial charge is 0.497 e. The van der Waals surface area contributed by atoms with Crippen LogP contribution >= 0.6 is 0 Å². The number of carbonyl (C=O) groups excluding carboxylic acids is 7. The molecule has 7 N–H and O–H groups in total. The fraction of sp³-hybridized carbons (Fsp3) is 0.0561. The number of ether oxygens (including phenoxy) is 1. The first-order valence-corrected chi connectivity index (χ1v) is 42.6. The van der Waals surface area contributed by atoms with E-state index in [1.165, 1.54) is 61.8 Å². The molecule has 0 atom stereocenters. The smallest absolute Gasteiger partial charge is 0.259 e. The maximum atomic E-state index is 12.1. The number of hydrogen-bond acceptors (Lipinski definition) is 22. The van der Waals surface area contributed by atoms with Crippen LogP contribution in [0.4, 0.5) is 35.0 Å². The van der Waals surface area contributed by atoms with Gasteiger partial charge in [0, 0.05) is 164 Å². The van der Waals surface area contributed by atoms with Crippen molar-refractivity contribution in [3.05, 3.63) is 453 Å². The number of carbonyl (C=O) groups is 7. The van der Waals surface area contributed by atoms with E-state index in [1.54, 1.807) is 193 Å². The second kappa shape index (κ2) is 47.9. The van der Waals surface area contributed by atoms with Crippen molar-refractivity contribution in [3.63, 3.8) is 0 Å². The fourth-order valence-corrected chi connectivity index (χ4v) is 12.9. The van der Waals surface area contributed by atoms with Crippen LogP contribution in [0.1, 0.15) is 103 Å². The molecular weight excluding hydrogens is 1710 g/mol. The topological polar surface area (TPSA) is 393 Å². The lowest BCUT2D eigenvalue weighted by Gasteiger charge is -2.07. The summed E-state index contributed by atoms with van der Waals surface area (Å²) in [5.74, 6) is 3.26. The van der Waals surface area contributed by atoms with E-state index >= 15 is 0 Å². The number of rotatable bonds is 21. The minimum absolute atomic E-state index is 0.143. The first-order chi connectivity index (χ1) is 66.6. The molecule has 668 valence electrons. The van der Waals surface area contributed by atoms with Crippen molar-refractivity contribution >= 4 is 76.4 Å². The van der Waals surface area contributed by atoms with E-state index in [1.807, 2.05) is 164 Å². The SMILES string of the molecule is CNC(=O)c1cccc(-c2ccc(NC(=O)c3cccnc3)nc2)c1.COc1cccc(-c2ccc(NC(=O)c3cccnc3)nc2)c1.Cc1ncc(C(=O)Nc2ccc(-c3ccccc3)cn2)cn1.O=C(Nc1ccc(-c2cccc(C3CC3)c2)cn1)c1cccnc1.O=C(Nc1ccc(-c2ccccc2)cn1)c1cccnc1.O=C(Nc1ncc(-c2ccccc2)cn1)c1cccnc1. The minimum Gasteiger partial charge on any atom is -0.497 e. The van der Waals surface area contributed by atoms with Crippen molar-refractivity contribution in [3.8, 4) is 72.5 Å². The molecule has 6 aromatic carbocycles. The molecule has 136 heavy (non-hydrogen) atoms. The van der Waals surface area contributed by atoms with E-state index in [4.69, 9.17) is 4.74 Å². The summed E-state index contributed by atoms with van der Waals surface area (Å²) < 4.78 is 5.22. The molecule has 29 heteroatoms. The van der Waals surface area contributed by atoms with Gasteiger partial charge in [-0.2, -0.15) is 0 Å². The molecule has 0 radical (unpaired) electrons. The summed E-state index contributed by atoms with van der Waals surface area (Å²) >= 11 is 0. The molecule has 1 aliphatic rings. The molecular formula is C107H87N21O8. The summed E-state index contributed by atoms with van der Waals surface area (Å²) in [6.07, 6.45) is 33.3. The first kappa shape index (κ1) is 93.2. The predicted octanol–water partition coefficient (Wildman–Crippen LogP) is 19.7. The van der Waals surface area contributed by atoms with Gasteiger partial charge in [-0.25, -0.2) is 44.9 Å². The van der Waals surface area contributed by atoms with Crippen LogP contribution in [0.5, 0.6) is 5.75 Å². The van der Waals surface area contributed by atoms with Crippen molar-refractivity contribution in [2.45, 2.75) is 25.7 Å². The molecule has 29 nitrogen and oxygen atoms in total. The highest BCUT2D eigenvalue weighted by atomic mass is 16.5. The summed E-state index contributed by atoms with van der Waals surface area (Å²) in [4.78, 5) is 141. The zero-order chi connectivity index (χ0) is 94.4. The Morgan fingerprint density at radius 3 is 0.882 bits per heavy atom. The maximum absolute atomic E-state index is 12.1. The highest BCUT2D eigenvalue weighted by molar-refractivity contribution is 6.07. The maximum Gasteiger partial charge on any atom is 0.259 e. The molecule has 0 bridgehead atoms. The number of aromatic nitrogens is 14. The Bertz CT molecular complexity index is 6820. The van der Waals surface area contributed by atoms with Crippen LogP contribution < -0.4 is 42.0 Å². The van der Waals surface area contributed by atoms with Gasteiger partial charge in [-0.1, -0.05) is 140 Å². The third-order valence-corrected chi connectivity index (χ3v) is 20.2. The van der Waals surface area contributed by atoms with Crippen LogP contribution in [0.25, 0.3) is 66.8 Å². The van der Waals surface area contributed by atoms with Gasteiger partial charge in [0.15, 0.2) is 0 Å². The van der Waals surface area contributed by atoms with Crippen LogP contribution in [0.15, 0.2) is 403 Å². The molecule has 0 spiro atoms. The summed E-state index contributed by atoms with van der Waals surface area (Å²) in [6, 6.07) is 88.9. The number of anilines is 6. The lowest BCUT2D eigenvalue weighted by atomic mass is 10.0. The standard InChI is InChI=1S/C20H17N3O.C19H16N4O2.C18H15N3O2.C17H14N4O.C17H13N3O.C16H12N4O/c24-20(18-5-2-10-21-12-18)23-19-9-8-17(13-22-19)16-4-1-3-15(11-16)14-6-7-14;1-20-18(24)14-5-2-4-13(10-14)15-7-8-17(22-12-15)23-19(25)16-6-3-9-21-11-16;1-23-16-6-2-4-13(10-16)14-7-8-17(20-12-14)21-18(22)15-5-3-9-19-11-15;1-12-18-10-15(11-19-12)17(22)21-16-8-7-14(9-20-16)13-5-3-2-4-6-13;21-17(15-7-4-10-18-11-15)20-16-9-8-14(12-19-16)13-5-2-1-3-6-13;21-15(13-7-4-8-17-9-13)20-16-18-10-14(11-19-16)12-5-2-1-3-6-12/h1-5,8-14H,6-7H2,(H,22,23,24);2-12H,1H3,(H,20,24)(H,22,23,25);2-12H,1H3,(H,20,21,22);2-11H,1H3,(H,20,21,22);1-12H,(H,19,20,21);1-11H,(H,18,19,20,21).